The van der Waals surface area contributed by atoms with E-state index in [1.165, 1.54) is 22.7 Å². The summed E-state index contributed by atoms with van der Waals surface area (Å²) in [6.45, 7) is 2.46. The molecule has 0 aliphatic heterocycles. The summed E-state index contributed by atoms with van der Waals surface area (Å²) in [6.07, 6.45) is 1.32. The third-order valence-corrected chi connectivity index (χ3v) is 5.37. The van der Waals surface area contributed by atoms with Crippen LogP contribution in [0.2, 0.25) is 0 Å². The highest BCUT2D eigenvalue weighted by Gasteiger charge is 2.16. The number of thioether (sulfide) groups is 1. The number of carbonyl (C=O) groups excluding carboxylic acids is 1. The Bertz CT molecular complexity index is 1220. The Morgan fingerprint density at radius 3 is 2.76 bits per heavy atom. The van der Waals surface area contributed by atoms with E-state index in [0.29, 0.717) is 22.6 Å². The van der Waals surface area contributed by atoms with Gasteiger partial charge in [0, 0.05) is 6.54 Å². The van der Waals surface area contributed by atoms with Crippen molar-refractivity contribution in [2.24, 2.45) is 0 Å². The molecule has 0 fully saturated rings. The van der Waals surface area contributed by atoms with Crippen LogP contribution in [0.1, 0.15) is 11.1 Å². The highest BCUT2D eigenvalue weighted by Crippen LogP contribution is 2.19. The number of amides is 1. The molecule has 4 aromatic rings. The fourth-order valence-electron chi connectivity index (χ4n) is 2.89. The molecule has 2 aromatic carbocycles. The molecule has 0 aliphatic carbocycles. The number of nitrogens with one attached hydrogen (secondary N) is 2. The fraction of sp³-hybridized carbons (Fsp3) is 0.150. The number of nitrogens with zero attached hydrogens (tertiary/aromatic N) is 4. The number of H-pyrrole nitrogens is 1. The van der Waals surface area contributed by atoms with Crippen molar-refractivity contribution < 1.29 is 4.79 Å². The van der Waals surface area contributed by atoms with Crippen LogP contribution in [0.5, 0.6) is 0 Å². The van der Waals surface area contributed by atoms with E-state index >= 15 is 0 Å². The quantitative estimate of drug-likeness (QED) is 0.376. The van der Waals surface area contributed by atoms with Crippen LogP contribution in [-0.4, -0.2) is 36.4 Å². The number of rotatable bonds is 6. The Morgan fingerprint density at radius 2 is 1.97 bits per heavy atom. The van der Waals surface area contributed by atoms with E-state index in [2.05, 4.69) is 25.5 Å². The smallest absolute Gasteiger partial charge is 0.269 e. The van der Waals surface area contributed by atoms with Gasteiger partial charge in [-0.05, 0) is 30.2 Å². The molecule has 8 nitrogen and oxygen atoms in total. The third kappa shape index (κ3) is 4.04. The van der Waals surface area contributed by atoms with Gasteiger partial charge in [-0.15, -0.1) is 0 Å². The van der Waals surface area contributed by atoms with Crippen LogP contribution < -0.4 is 10.9 Å². The molecular formula is C20H18N6O2S. The lowest BCUT2D eigenvalue weighted by Crippen LogP contribution is -2.26. The molecule has 0 bridgehead atoms. The maximum Gasteiger partial charge on any atom is 0.269 e. The zero-order valence-corrected chi connectivity index (χ0v) is 16.4. The van der Waals surface area contributed by atoms with E-state index < -0.39 is 0 Å². The number of fused-ring (bicyclic) bond motifs is 1. The fourth-order valence-corrected chi connectivity index (χ4v) is 3.71. The van der Waals surface area contributed by atoms with E-state index in [0.717, 1.165) is 11.1 Å². The minimum absolute atomic E-state index is 0.116. The molecule has 0 unspecified atom stereocenters. The minimum atomic E-state index is -0.268. The largest absolute Gasteiger partial charge is 0.351 e. The summed E-state index contributed by atoms with van der Waals surface area (Å²) in [4.78, 5) is 34.0. The van der Waals surface area contributed by atoms with Gasteiger partial charge in [0.15, 0.2) is 5.16 Å². The molecule has 29 heavy (non-hydrogen) atoms. The van der Waals surface area contributed by atoms with Gasteiger partial charge in [0.05, 0.1) is 16.7 Å². The van der Waals surface area contributed by atoms with Gasteiger partial charge in [0.1, 0.15) is 6.33 Å². The second-order valence-corrected chi connectivity index (χ2v) is 7.30. The first-order valence-corrected chi connectivity index (χ1v) is 9.93. The lowest BCUT2D eigenvalue weighted by molar-refractivity contribution is -0.118. The van der Waals surface area contributed by atoms with E-state index in [1.54, 1.807) is 18.2 Å². The van der Waals surface area contributed by atoms with Crippen LogP contribution in [0, 0.1) is 6.92 Å². The zero-order chi connectivity index (χ0) is 20.2. The van der Waals surface area contributed by atoms with Gasteiger partial charge in [-0.25, -0.2) is 14.6 Å². The van der Waals surface area contributed by atoms with Crippen LogP contribution in [0.25, 0.3) is 16.9 Å². The third-order valence-electron chi connectivity index (χ3n) is 4.43. The summed E-state index contributed by atoms with van der Waals surface area (Å²) >= 11 is 1.17. The Morgan fingerprint density at radius 1 is 1.17 bits per heavy atom. The van der Waals surface area contributed by atoms with Crippen molar-refractivity contribution in [2.75, 3.05) is 5.75 Å². The van der Waals surface area contributed by atoms with E-state index in [-0.39, 0.29) is 23.2 Å². The normalized spacial score (nSPS) is 10.9. The van der Waals surface area contributed by atoms with E-state index in [1.807, 2.05) is 37.3 Å². The first-order valence-electron chi connectivity index (χ1n) is 8.95. The van der Waals surface area contributed by atoms with Gasteiger partial charge >= 0.3 is 0 Å². The van der Waals surface area contributed by atoms with Crippen molar-refractivity contribution >= 4 is 28.6 Å². The molecular weight excluding hydrogens is 388 g/mol. The van der Waals surface area contributed by atoms with Crippen LogP contribution >= 0.6 is 11.8 Å². The average Bonchev–Trinajstić information content (AvgIpc) is 3.26. The van der Waals surface area contributed by atoms with Crippen molar-refractivity contribution in [1.29, 1.82) is 0 Å². The molecule has 0 atom stereocenters. The molecule has 0 radical (unpaired) electrons. The highest BCUT2D eigenvalue weighted by molar-refractivity contribution is 7.99. The van der Waals surface area contributed by atoms with Gasteiger partial charge in [-0.2, -0.15) is 10.1 Å². The van der Waals surface area contributed by atoms with Crippen molar-refractivity contribution in [1.82, 2.24) is 30.0 Å². The zero-order valence-electron chi connectivity index (χ0n) is 15.6. The summed E-state index contributed by atoms with van der Waals surface area (Å²) in [5, 5.41) is 10.2. The Hall–Kier alpha value is -3.46. The maximum absolute atomic E-state index is 13.0. The molecule has 1 amide bonds. The summed E-state index contributed by atoms with van der Waals surface area (Å²) in [6, 6.07) is 15.0. The lowest BCUT2D eigenvalue weighted by atomic mass is 10.1. The summed E-state index contributed by atoms with van der Waals surface area (Å²) in [5.41, 5.74) is 2.48. The maximum atomic E-state index is 13.0. The SMILES string of the molecule is Cc1ccccc1CNC(=O)CSc1nc2ccccc2c(=O)n1-c1ncn[nH]1. The van der Waals surface area contributed by atoms with Gasteiger partial charge in [0.25, 0.3) is 5.56 Å². The van der Waals surface area contributed by atoms with Crippen LogP contribution in [-0.2, 0) is 11.3 Å². The Balaban J connectivity index is 1.56. The summed E-state index contributed by atoms with van der Waals surface area (Å²) in [7, 11) is 0. The number of aromatic amines is 1. The molecule has 0 saturated heterocycles. The van der Waals surface area contributed by atoms with Crippen molar-refractivity contribution in [3.8, 4) is 5.95 Å². The monoisotopic (exact) mass is 406 g/mol. The van der Waals surface area contributed by atoms with Crippen molar-refractivity contribution in [2.45, 2.75) is 18.6 Å². The molecule has 0 aliphatic rings. The topological polar surface area (TPSA) is 106 Å². The summed E-state index contributed by atoms with van der Waals surface area (Å²) in [5.74, 6) is 0.228. The first-order chi connectivity index (χ1) is 14.1. The molecule has 0 saturated carbocycles. The van der Waals surface area contributed by atoms with Gasteiger partial charge in [-0.3, -0.25) is 9.59 Å². The molecule has 146 valence electrons. The number of aryl methyl sites for hydroxylation is 1. The minimum Gasteiger partial charge on any atom is -0.351 e. The molecule has 0 spiro atoms. The average molecular weight is 406 g/mol. The number of aromatic nitrogens is 5. The van der Waals surface area contributed by atoms with Crippen LogP contribution in [0.3, 0.4) is 0 Å². The predicted molar refractivity (Wildman–Crippen MR) is 111 cm³/mol. The van der Waals surface area contributed by atoms with E-state index in [9.17, 15) is 9.59 Å². The van der Waals surface area contributed by atoms with Crippen LogP contribution in [0.15, 0.2) is 64.8 Å². The van der Waals surface area contributed by atoms with Crippen molar-refractivity contribution in [3.05, 3.63) is 76.3 Å². The molecule has 4 rings (SSSR count). The Kier molecular flexibility index (Phi) is 5.39. The summed E-state index contributed by atoms with van der Waals surface area (Å²) < 4.78 is 1.34. The number of benzene rings is 2. The highest BCUT2D eigenvalue weighted by atomic mass is 32.2. The predicted octanol–water partition coefficient (Wildman–Crippen LogP) is 2.22. The Labute approximate surface area is 170 Å². The second kappa shape index (κ2) is 8.27. The molecule has 2 aromatic heterocycles. The van der Waals surface area contributed by atoms with Gasteiger partial charge in [-0.1, -0.05) is 48.2 Å². The van der Waals surface area contributed by atoms with Crippen molar-refractivity contribution in [3.63, 3.8) is 0 Å². The number of hydrogen-bond acceptors (Lipinski definition) is 6. The van der Waals surface area contributed by atoms with Crippen LogP contribution in [0.4, 0.5) is 0 Å². The first kappa shape index (κ1) is 18.9. The van der Waals surface area contributed by atoms with Gasteiger partial charge < -0.3 is 5.32 Å². The molecule has 2 heterocycles. The number of para-hydroxylation sites is 1. The molecule has 9 heteroatoms. The van der Waals surface area contributed by atoms with E-state index in [4.69, 9.17) is 0 Å². The lowest BCUT2D eigenvalue weighted by Gasteiger charge is -2.11. The standard InChI is InChI=1S/C20H18N6O2S/c1-13-6-2-3-7-14(13)10-21-17(27)11-29-20-24-16-9-5-4-8-15(16)18(28)26(20)19-22-12-23-25-19/h2-9,12H,10-11H2,1H3,(H,21,27)(H,22,23,25). The number of carbonyl (C=O) groups is 1. The molecule has 2 N–H and O–H groups in total. The second-order valence-electron chi connectivity index (χ2n) is 6.35. The number of hydrogen-bond donors (Lipinski definition) is 2. The van der Waals surface area contributed by atoms with Gasteiger partial charge in [0.2, 0.25) is 11.9 Å².